The SMILES string of the molecule is NC[C@H]1CC[C@@H](C(=O)NC(c2ccccc2)C2CC2)O1. The first-order valence-electron chi connectivity index (χ1n) is 7.49. The molecule has 0 spiro atoms. The second kappa shape index (κ2) is 5.94. The van der Waals surface area contributed by atoms with E-state index in [-0.39, 0.29) is 24.2 Å². The molecule has 4 nitrogen and oxygen atoms in total. The van der Waals surface area contributed by atoms with Crippen LogP contribution in [0.4, 0.5) is 0 Å². The lowest BCUT2D eigenvalue weighted by Crippen LogP contribution is -2.38. The van der Waals surface area contributed by atoms with Crippen molar-refractivity contribution < 1.29 is 9.53 Å². The first kappa shape index (κ1) is 13.6. The first-order chi connectivity index (χ1) is 9.78. The Bertz CT molecular complexity index is 459. The Hall–Kier alpha value is -1.39. The molecule has 3 atom stereocenters. The molecule has 1 aromatic rings. The molecule has 1 saturated carbocycles. The van der Waals surface area contributed by atoms with Gasteiger partial charge in [0.25, 0.3) is 0 Å². The molecule has 4 heteroatoms. The molecule has 20 heavy (non-hydrogen) atoms. The number of nitrogens with one attached hydrogen (secondary N) is 1. The van der Waals surface area contributed by atoms with Gasteiger partial charge in [-0.15, -0.1) is 0 Å². The second-order valence-corrected chi connectivity index (χ2v) is 5.79. The highest BCUT2D eigenvalue weighted by molar-refractivity contribution is 5.81. The molecule has 1 aliphatic heterocycles. The Balaban J connectivity index is 1.64. The van der Waals surface area contributed by atoms with Crippen LogP contribution in [0.2, 0.25) is 0 Å². The van der Waals surface area contributed by atoms with E-state index in [9.17, 15) is 4.79 Å². The monoisotopic (exact) mass is 274 g/mol. The summed E-state index contributed by atoms with van der Waals surface area (Å²) in [6, 6.07) is 10.3. The molecule has 3 rings (SSSR count). The van der Waals surface area contributed by atoms with Crippen LogP contribution in [0.5, 0.6) is 0 Å². The minimum atomic E-state index is -0.325. The van der Waals surface area contributed by atoms with Gasteiger partial charge in [-0.3, -0.25) is 4.79 Å². The lowest BCUT2D eigenvalue weighted by atomic mass is 10.0. The number of ether oxygens (including phenoxy) is 1. The fourth-order valence-corrected chi connectivity index (χ4v) is 2.88. The standard InChI is InChI=1S/C16H22N2O2/c17-10-13-8-9-14(20-13)16(19)18-15(12-6-7-12)11-4-2-1-3-5-11/h1-5,12-15H,6-10,17H2,(H,18,19)/t13-,14+,15?/m1/s1. The maximum absolute atomic E-state index is 12.3. The molecule has 2 aliphatic rings. The predicted octanol–water partition coefficient (Wildman–Crippen LogP) is 1.76. The van der Waals surface area contributed by atoms with Crippen molar-refractivity contribution in [2.24, 2.45) is 11.7 Å². The molecule has 2 fully saturated rings. The van der Waals surface area contributed by atoms with Gasteiger partial charge in [-0.1, -0.05) is 30.3 Å². The summed E-state index contributed by atoms with van der Waals surface area (Å²) < 4.78 is 5.67. The van der Waals surface area contributed by atoms with Gasteiger partial charge in [-0.2, -0.15) is 0 Å². The van der Waals surface area contributed by atoms with E-state index in [4.69, 9.17) is 10.5 Å². The van der Waals surface area contributed by atoms with Crippen molar-refractivity contribution in [1.82, 2.24) is 5.32 Å². The summed E-state index contributed by atoms with van der Waals surface area (Å²) in [6.07, 6.45) is 3.76. The molecule has 1 aliphatic carbocycles. The van der Waals surface area contributed by atoms with Crippen LogP contribution >= 0.6 is 0 Å². The van der Waals surface area contributed by atoms with Crippen LogP contribution in [0.25, 0.3) is 0 Å². The molecule has 1 unspecified atom stereocenters. The van der Waals surface area contributed by atoms with Gasteiger partial charge < -0.3 is 15.8 Å². The van der Waals surface area contributed by atoms with Crippen molar-refractivity contribution in [2.45, 2.75) is 43.9 Å². The van der Waals surface area contributed by atoms with Gasteiger partial charge in [0.15, 0.2) is 0 Å². The summed E-state index contributed by atoms with van der Waals surface area (Å²) in [5.41, 5.74) is 6.78. The maximum Gasteiger partial charge on any atom is 0.249 e. The third-order valence-corrected chi connectivity index (χ3v) is 4.21. The minimum absolute atomic E-state index is 0.0155. The molecular weight excluding hydrogens is 252 g/mol. The van der Waals surface area contributed by atoms with E-state index >= 15 is 0 Å². The summed E-state index contributed by atoms with van der Waals surface area (Å²) in [5, 5.41) is 3.18. The average molecular weight is 274 g/mol. The van der Waals surface area contributed by atoms with Gasteiger partial charge in [0.05, 0.1) is 12.1 Å². The fraction of sp³-hybridized carbons (Fsp3) is 0.562. The maximum atomic E-state index is 12.3. The zero-order valence-corrected chi connectivity index (χ0v) is 11.6. The number of nitrogens with two attached hydrogens (primary N) is 1. The number of carbonyl (C=O) groups excluding carboxylic acids is 1. The smallest absolute Gasteiger partial charge is 0.249 e. The molecule has 0 aromatic heterocycles. The van der Waals surface area contributed by atoms with Crippen LogP contribution in [0.15, 0.2) is 30.3 Å². The third-order valence-electron chi connectivity index (χ3n) is 4.21. The zero-order valence-electron chi connectivity index (χ0n) is 11.6. The molecule has 108 valence electrons. The van der Waals surface area contributed by atoms with Crippen molar-refractivity contribution in [2.75, 3.05) is 6.54 Å². The van der Waals surface area contributed by atoms with E-state index in [2.05, 4.69) is 17.4 Å². The van der Waals surface area contributed by atoms with E-state index in [1.807, 2.05) is 18.2 Å². The lowest BCUT2D eigenvalue weighted by molar-refractivity contribution is -0.132. The molecule has 1 saturated heterocycles. The zero-order chi connectivity index (χ0) is 13.9. The minimum Gasteiger partial charge on any atom is -0.364 e. The Morgan fingerprint density at radius 1 is 1.25 bits per heavy atom. The van der Waals surface area contributed by atoms with Crippen molar-refractivity contribution in [3.8, 4) is 0 Å². The van der Waals surface area contributed by atoms with Gasteiger partial charge in [0.1, 0.15) is 6.10 Å². The fourth-order valence-electron chi connectivity index (χ4n) is 2.88. The average Bonchev–Trinajstić information content (AvgIpc) is 3.21. The van der Waals surface area contributed by atoms with E-state index in [0.717, 1.165) is 12.8 Å². The second-order valence-electron chi connectivity index (χ2n) is 5.79. The molecule has 3 N–H and O–H groups in total. The topological polar surface area (TPSA) is 64.4 Å². The van der Waals surface area contributed by atoms with Crippen LogP contribution in [-0.4, -0.2) is 24.7 Å². The summed E-state index contributed by atoms with van der Waals surface area (Å²) in [4.78, 5) is 12.3. The predicted molar refractivity (Wildman–Crippen MR) is 77.0 cm³/mol. The Kier molecular flexibility index (Phi) is 4.03. The largest absolute Gasteiger partial charge is 0.364 e. The van der Waals surface area contributed by atoms with Crippen LogP contribution < -0.4 is 11.1 Å². The normalized spacial score (nSPS) is 27.2. The molecule has 1 heterocycles. The van der Waals surface area contributed by atoms with Gasteiger partial charge in [0, 0.05) is 6.54 Å². The number of carbonyl (C=O) groups is 1. The highest BCUT2D eigenvalue weighted by atomic mass is 16.5. The van der Waals surface area contributed by atoms with Crippen molar-refractivity contribution in [3.63, 3.8) is 0 Å². The van der Waals surface area contributed by atoms with Gasteiger partial charge in [0.2, 0.25) is 5.91 Å². The van der Waals surface area contributed by atoms with E-state index < -0.39 is 0 Å². The number of hydrogen-bond donors (Lipinski definition) is 2. The number of hydrogen-bond acceptors (Lipinski definition) is 3. The van der Waals surface area contributed by atoms with Crippen LogP contribution in [-0.2, 0) is 9.53 Å². The number of benzene rings is 1. The summed E-state index contributed by atoms with van der Waals surface area (Å²) in [7, 11) is 0. The van der Waals surface area contributed by atoms with E-state index in [1.165, 1.54) is 18.4 Å². The summed E-state index contributed by atoms with van der Waals surface area (Å²) in [5.74, 6) is 0.592. The van der Waals surface area contributed by atoms with Crippen molar-refractivity contribution in [3.05, 3.63) is 35.9 Å². The lowest BCUT2D eigenvalue weighted by Gasteiger charge is -2.21. The van der Waals surface area contributed by atoms with Crippen molar-refractivity contribution in [1.29, 1.82) is 0 Å². The molecule has 1 aromatic carbocycles. The van der Waals surface area contributed by atoms with E-state index in [0.29, 0.717) is 12.5 Å². The molecular formula is C16H22N2O2. The Morgan fingerprint density at radius 2 is 2.00 bits per heavy atom. The van der Waals surface area contributed by atoms with Gasteiger partial charge >= 0.3 is 0 Å². The number of rotatable bonds is 5. The quantitative estimate of drug-likeness (QED) is 0.860. The van der Waals surface area contributed by atoms with E-state index in [1.54, 1.807) is 0 Å². The summed E-state index contributed by atoms with van der Waals surface area (Å²) >= 11 is 0. The number of amides is 1. The highest BCUT2D eigenvalue weighted by Gasteiger charge is 2.36. The molecule has 0 bridgehead atoms. The molecule has 1 amide bonds. The Morgan fingerprint density at radius 3 is 2.60 bits per heavy atom. The Labute approximate surface area is 119 Å². The molecule has 0 radical (unpaired) electrons. The third kappa shape index (κ3) is 3.02. The van der Waals surface area contributed by atoms with Gasteiger partial charge in [-0.05, 0) is 37.2 Å². The van der Waals surface area contributed by atoms with Crippen molar-refractivity contribution >= 4 is 5.91 Å². The first-order valence-corrected chi connectivity index (χ1v) is 7.49. The van der Waals surface area contributed by atoms with Crippen LogP contribution in [0.1, 0.15) is 37.3 Å². The highest BCUT2D eigenvalue weighted by Crippen LogP contribution is 2.41. The van der Waals surface area contributed by atoms with Crippen LogP contribution in [0, 0.1) is 5.92 Å². The van der Waals surface area contributed by atoms with Crippen LogP contribution in [0.3, 0.4) is 0 Å². The van der Waals surface area contributed by atoms with Gasteiger partial charge in [-0.25, -0.2) is 0 Å². The summed E-state index contributed by atoms with van der Waals surface area (Å²) in [6.45, 7) is 0.495.